The predicted octanol–water partition coefficient (Wildman–Crippen LogP) is 3.55. The Kier molecular flexibility index (Phi) is 6.60. The summed E-state index contributed by atoms with van der Waals surface area (Å²) in [6.45, 7) is 0. The second kappa shape index (κ2) is 8.79. The Balaban J connectivity index is 2.27. The number of ether oxygens (including phenoxy) is 1. The van der Waals surface area contributed by atoms with E-state index in [4.69, 9.17) is 0 Å². The molecule has 160 valence electrons. The van der Waals surface area contributed by atoms with Gasteiger partial charge >= 0.3 is 11.9 Å². The fraction of sp³-hybridized carbons (Fsp3) is 0. The maximum absolute atomic E-state index is 13.4. The molecule has 0 bridgehead atoms. The van der Waals surface area contributed by atoms with E-state index in [9.17, 15) is 53.5 Å². The molecule has 0 N–H and O–H groups in total. The average Bonchev–Trinajstić information content (AvgIpc) is 2.73. The summed E-state index contributed by atoms with van der Waals surface area (Å²) in [6.07, 6.45) is 0. The van der Waals surface area contributed by atoms with E-state index in [0.29, 0.717) is 0 Å². The molecule has 2 aromatic rings. The molecule has 0 saturated carbocycles. The minimum Gasteiger partial charge on any atom is -0.373 e. The van der Waals surface area contributed by atoms with Gasteiger partial charge in [0.05, 0.1) is 0 Å². The zero-order valence-electron chi connectivity index (χ0n) is 14.0. The van der Waals surface area contributed by atoms with E-state index >= 15 is 0 Å². The summed E-state index contributed by atoms with van der Waals surface area (Å²) in [6, 6.07) is 0. The lowest BCUT2D eigenvalue weighted by Gasteiger charge is -2.02. The van der Waals surface area contributed by atoms with Crippen LogP contribution in [0.25, 0.3) is 0 Å². The zero-order chi connectivity index (χ0) is 23.6. The van der Waals surface area contributed by atoms with Gasteiger partial charge in [0.25, 0.3) is 0 Å². The Morgan fingerprint density at radius 1 is 0.452 bits per heavy atom. The molecule has 0 aromatic heterocycles. The molecule has 0 aliphatic rings. The first-order valence-corrected chi connectivity index (χ1v) is 7.21. The third-order valence-electron chi connectivity index (χ3n) is 3.18. The first kappa shape index (κ1) is 23.3. The highest BCUT2D eigenvalue weighted by Crippen LogP contribution is 2.23. The standard InChI is InChI=1S/C18F10O3/c19-9-5(10(20)14(24)17(27)13(9)23)1-3-7(29)31-8(30)4-2-6-11(21)15(25)18(28)16(26)12(6)22. The Hall–Kier alpha value is -4.00. The van der Waals surface area contributed by atoms with Crippen molar-refractivity contribution in [2.45, 2.75) is 0 Å². The molecule has 0 aliphatic carbocycles. The van der Waals surface area contributed by atoms with Gasteiger partial charge in [-0.1, -0.05) is 0 Å². The fourth-order valence-electron chi connectivity index (χ4n) is 1.79. The molecule has 0 fully saturated rings. The molecule has 0 radical (unpaired) electrons. The van der Waals surface area contributed by atoms with Gasteiger partial charge in [-0.2, -0.15) is 0 Å². The maximum atomic E-state index is 13.4. The van der Waals surface area contributed by atoms with Crippen LogP contribution in [0.3, 0.4) is 0 Å². The van der Waals surface area contributed by atoms with Gasteiger partial charge in [0.2, 0.25) is 11.6 Å². The summed E-state index contributed by atoms with van der Waals surface area (Å²) in [5.41, 5.74) is -3.48. The van der Waals surface area contributed by atoms with E-state index in [-0.39, 0.29) is 0 Å². The second-order valence-corrected chi connectivity index (χ2v) is 5.07. The molecule has 0 amide bonds. The number of carbonyl (C=O) groups excluding carboxylic acids is 2. The number of hydrogen-bond donors (Lipinski definition) is 0. The Morgan fingerprint density at radius 3 is 0.935 bits per heavy atom. The van der Waals surface area contributed by atoms with Crippen molar-refractivity contribution in [3.8, 4) is 23.7 Å². The Morgan fingerprint density at radius 2 is 0.677 bits per heavy atom. The Bertz CT molecular complexity index is 1110. The number of carbonyl (C=O) groups is 2. The van der Waals surface area contributed by atoms with Gasteiger partial charge in [-0.15, -0.1) is 0 Å². The monoisotopic (exact) mass is 454 g/mol. The summed E-state index contributed by atoms with van der Waals surface area (Å²) in [5.74, 6) is -23.2. The Labute approximate surface area is 164 Å². The van der Waals surface area contributed by atoms with Crippen LogP contribution in [0.5, 0.6) is 0 Å². The molecule has 2 aromatic carbocycles. The van der Waals surface area contributed by atoms with Gasteiger partial charge in [0.1, 0.15) is 11.1 Å². The summed E-state index contributed by atoms with van der Waals surface area (Å²) in [5, 5.41) is 0. The lowest BCUT2D eigenvalue weighted by Crippen LogP contribution is -2.10. The molecule has 31 heavy (non-hydrogen) atoms. The molecule has 0 spiro atoms. The molecule has 0 unspecified atom stereocenters. The first-order chi connectivity index (χ1) is 14.4. The highest BCUT2D eigenvalue weighted by atomic mass is 19.2. The van der Waals surface area contributed by atoms with E-state index in [1.807, 2.05) is 0 Å². The largest absolute Gasteiger partial charge is 0.393 e. The molecule has 0 aliphatic heterocycles. The van der Waals surface area contributed by atoms with Crippen molar-refractivity contribution in [3.63, 3.8) is 0 Å². The van der Waals surface area contributed by atoms with Crippen molar-refractivity contribution in [1.29, 1.82) is 0 Å². The highest BCUT2D eigenvalue weighted by Gasteiger charge is 2.26. The van der Waals surface area contributed by atoms with Crippen molar-refractivity contribution in [2.75, 3.05) is 0 Å². The molecule has 0 atom stereocenters. The van der Waals surface area contributed by atoms with Crippen LogP contribution < -0.4 is 0 Å². The predicted molar refractivity (Wildman–Crippen MR) is 77.3 cm³/mol. The minimum absolute atomic E-state index is 1.18. The summed E-state index contributed by atoms with van der Waals surface area (Å²) in [4.78, 5) is 22.6. The van der Waals surface area contributed by atoms with Crippen LogP contribution in [-0.2, 0) is 14.3 Å². The van der Waals surface area contributed by atoms with Crippen LogP contribution in [0.4, 0.5) is 43.9 Å². The summed E-state index contributed by atoms with van der Waals surface area (Å²) >= 11 is 0. The SMILES string of the molecule is O=C(C#Cc1c(F)c(F)c(F)c(F)c1F)OC(=O)C#Cc1c(F)c(F)c(F)c(F)c1F. The normalized spacial score (nSPS) is 10.0. The van der Waals surface area contributed by atoms with E-state index in [1.165, 1.54) is 23.7 Å². The summed E-state index contributed by atoms with van der Waals surface area (Å²) < 4.78 is 135. The van der Waals surface area contributed by atoms with Crippen LogP contribution in [-0.4, -0.2) is 11.9 Å². The van der Waals surface area contributed by atoms with Crippen molar-refractivity contribution in [1.82, 2.24) is 0 Å². The van der Waals surface area contributed by atoms with Crippen LogP contribution in [0.15, 0.2) is 0 Å². The molecule has 2 rings (SSSR count). The van der Waals surface area contributed by atoms with Crippen molar-refractivity contribution < 1.29 is 58.2 Å². The maximum Gasteiger partial charge on any atom is 0.393 e. The van der Waals surface area contributed by atoms with Gasteiger partial charge in [0.15, 0.2) is 46.5 Å². The quantitative estimate of drug-likeness (QED) is 0.153. The van der Waals surface area contributed by atoms with Crippen molar-refractivity contribution in [2.24, 2.45) is 0 Å². The number of esters is 2. The van der Waals surface area contributed by atoms with Crippen LogP contribution >= 0.6 is 0 Å². The van der Waals surface area contributed by atoms with E-state index in [2.05, 4.69) is 4.74 Å². The molecule has 0 saturated heterocycles. The minimum atomic E-state index is -2.50. The smallest absolute Gasteiger partial charge is 0.373 e. The van der Waals surface area contributed by atoms with E-state index in [0.717, 1.165) is 0 Å². The van der Waals surface area contributed by atoms with Crippen molar-refractivity contribution in [3.05, 3.63) is 69.3 Å². The van der Waals surface area contributed by atoms with Gasteiger partial charge in [-0.05, 0) is 11.8 Å². The van der Waals surface area contributed by atoms with Gasteiger partial charge in [-0.3, -0.25) is 0 Å². The third-order valence-corrected chi connectivity index (χ3v) is 3.18. The lowest BCUT2D eigenvalue weighted by atomic mass is 10.1. The first-order valence-electron chi connectivity index (χ1n) is 7.21. The molecular formula is C18F10O3. The topological polar surface area (TPSA) is 43.4 Å². The second-order valence-electron chi connectivity index (χ2n) is 5.07. The van der Waals surface area contributed by atoms with Crippen LogP contribution in [0.2, 0.25) is 0 Å². The molecule has 0 heterocycles. The third kappa shape index (κ3) is 4.45. The summed E-state index contributed by atoms with van der Waals surface area (Å²) in [7, 11) is 0. The van der Waals surface area contributed by atoms with Crippen LogP contribution in [0.1, 0.15) is 11.1 Å². The lowest BCUT2D eigenvalue weighted by molar-refractivity contribution is -0.151. The number of hydrogen-bond acceptors (Lipinski definition) is 3. The molecule has 13 heteroatoms. The molecule has 3 nitrogen and oxygen atoms in total. The zero-order valence-corrected chi connectivity index (χ0v) is 14.0. The number of rotatable bonds is 0. The fourth-order valence-corrected chi connectivity index (χ4v) is 1.79. The van der Waals surface area contributed by atoms with Gasteiger partial charge < -0.3 is 4.74 Å². The van der Waals surface area contributed by atoms with E-state index < -0.39 is 81.2 Å². The molecular weight excluding hydrogens is 454 g/mol. The van der Waals surface area contributed by atoms with Gasteiger partial charge in [-0.25, -0.2) is 53.5 Å². The van der Waals surface area contributed by atoms with E-state index in [1.54, 1.807) is 0 Å². The number of benzene rings is 2. The van der Waals surface area contributed by atoms with Gasteiger partial charge in [0, 0.05) is 11.8 Å². The number of halogens is 10. The van der Waals surface area contributed by atoms with Crippen LogP contribution in [0, 0.1) is 81.9 Å². The van der Waals surface area contributed by atoms with Crippen molar-refractivity contribution >= 4 is 11.9 Å². The average molecular weight is 454 g/mol. The highest BCUT2D eigenvalue weighted by molar-refractivity contribution is 6.02.